The van der Waals surface area contributed by atoms with Crippen LogP contribution in [0.2, 0.25) is 0 Å². The van der Waals surface area contributed by atoms with Gasteiger partial charge in [0.1, 0.15) is 11.3 Å². The summed E-state index contributed by atoms with van der Waals surface area (Å²) in [6.07, 6.45) is 1.47. The number of methoxy groups -OCH3 is 2. The van der Waals surface area contributed by atoms with Crippen LogP contribution >= 0.6 is 0 Å². The monoisotopic (exact) mass is 491 g/mol. The lowest BCUT2D eigenvalue weighted by atomic mass is 9.96. The normalized spacial score (nSPS) is 13.8. The van der Waals surface area contributed by atoms with Crippen molar-refractivity contribution in [2.75, 3.05) is 38.8 Å². The molecule has 0 radical (unpaired) electrons. The fraction of sp³-hybridized carbons (Fsp3) is 0.333. The van der Waals surface area contributed by atoms with Crippen LogP contribution in [0.1, 0.15) is 40.6 Å². The largest absolute Gasteiger partial charge is 0.466 e. The first-order valence-electron chi connectivity index (χ1n) is 11.9. The average molecular weight is 492 g/mol. The lowest BCUT2D eigenvalue weighted by Gasteiger charge is -2.32. The Bertz CT molecular complexity index is 1230. The number of carbonyl (C=O) groups excluding carboxylic acids is 3. The molecule has 1 fully saturated rings. The second-order valence-electron chi connectivity index (χ2n) is 8.36. The molecule has 0 spiro atoms. The van der Waals surface area contributed by atoms with Gasteiger partial charge in [0.25, 0.3) is 0 Å². The van der Waals surface area contributed by atoms with Crippen molar-refractivity contribution in [3.05, 3.63) is 65.9 Å². The van der Waals surface area contributed by atoms with E-state index in [1.54, 1.807) is 12.1 Å². The Morgan fingerprint density at radius 2 is 1.53 bits per heavy atom. The number of benzene rings is 2. The van der Waals surface area contributed by atoms with E-state index >= 15 is 0 Å². The summed E-state index contributed by atoms with van der Waals surface area (Å²) in [5.41, 5.74) is 2.61. The molecule has 0 bridgehead atoms. The van der Waals surface area contributed by atoms with Gasteiger partial charge in [-0.25, -0.2) is 14.3 Å². The zero-order chi connectivity index (χ0) is 25.7. The second kappa shape index (κ2) is 11.1. The number of ether oxygens (including phenoxy) is 3. The Hall–Kier alpha value is -4.14. The first kappa shape index (κ1) is 25.0. The highest BCUT2D eigenvalue weighted by Crippen LogP contribution is 2.31. The van der Waals surface area contributed by atoms with Crippen LogP contribution < -0.4 is 4.90 Å². The van der Waals surface area contributed by atoms with Gasteiger partial charge in [-0.3, -0.25) is 4.79 Å². The van der Waals surface area contributed by atoms with E-state index in [0.717, 1.165) is 31.6 Å². The molecule has 4 rings (SSSR count). The molecule has 0 N–H and O–H groups in total. The maximum Gasteiger partial charge on any atom is 0.357 e. The van der Waals surface area contributed by atoms with Gasteiger partial charge >= 0.3 is 17.9 Å². The number of esters is 3. The summed E-state index contributed by atoms with van der Waals surface area (Å²) in [7, 11) is 2.52. The van der Waals surface area contributed by atoms with Crippen LogP contribution in [-0.2, 0) is 19.0 Å². The molecule has 1 aliphatic heterocycles. The zero-order valence-electron chi connectivity index (χ0n) is 20.6. The maximum absolute atomic E-state index is 12.8. The molecule has 0 atom stereocenters. The van der Waals surface area contributed by atoms with Gasteiger partial charge < -0.3 is 19.1 Å². The number of hydrogen-bond acceptors (Lipinski definition) is 8. The Morgan fingerprint density at radius 1 is 0.889 bits per heavy atom. The number of nitrogens with zero attached hydrogens (tertiary/aromatic N) is 3. The summed E-state index contributed by atoms with van der Waals surface area (Å²) in [4.78, 5) is 39.8. The molecule has 2 aromatic carbocycles. The molecule has 36 heavy (non-hydrogen) atoms. The highest BCUT2D eigenvalue weighted by Gasteiger charge is 2.31. The summed E-state index contributed by atoms with van der Waals surface area (Å²) in [6.45, 7) is 3.69. The highest BCUT2D eigenvalue weighted by atomic mass is 16.5. The molecule has 1 saturated heterocycles. The van der Waals surface area contributed by atoms with Crippen molar-refractivity contribution >= 4 is 23.6 Å². The van der Waals surface area contributed by atoms with Gasteiger partial charge in [0.2, 0.25) is 0 Å². The van der Waals surface area contributed by atoms with E-state index in [4.69, 9.17) is 14.2 Å². The van der Waals surface area contributed by atoms with E-state index in [9.17, 15) is 14.4 Å². The third-order valence-corrected chi connectivity index (χ3v) is 6.28. The molecule has 1 aliphatic rings. The molecule has 2 heterocycles. The Balaban J connectivity index is 1.67. The first-order chi connectivity index (χ1) is 17.5. The van der Waals surface area contributed by atoms with Crippen molar-refractivity contribution in [3.63, 3.8) is 0 Å². The third kappa shape index (κ3) is 4.95. The van der Waals surface area contributed by atoms with E-state index in [2.05, 4.69) is 10.00 Å². The fourth-order valence-corrected chi connectivity index (χ4v) is 4.42. The molecule has 0 unspecified atom stereocenters. The minimum atomic E-state index is -0.695. The minimum Gasteiger partial charge on any atom is -0.466 e. The number of carbonyl (C=O) groups is 3. The van der Waals surface area contributed by atoms with E-state index in [0.29, 0.717) is 23.6 Å². The molecule has 9 nitrogen and oxygen atoms in total. The van der Waals surface area contributed by atoms with Crippen LogP contribution in [0.25, 0.3) is 16.9 Å². The number of hydrogen-bond donors (Lipinski definition) is 0. The van der Waals surface area contributed by atoms with Gasteiger partial charge in [0, 0.05) is 24.3 Å². The molecular formula is C27H29N3O6. The first-order valence-corrected chi connectivity index (χ1v) is 11.9. The fourth-order valence-electron chi connectivity index (χ4n) is 4.42. The van der Waals surface area contributed by atoms with Gasteiger partial charge in [-0.05, 0) is 44.0 Å². The van der Waals surface area contributed by atoms with Gasteiger partial charge in [0.05, 0.1) is 32.4 Å². The van der Waals surface area contributed by atoms with Crippen molar-refractivity contribution in [2.24, 2.45) is 5.92 Å². The van der Waals surface area contributed by atoms with E-state index in [-0.39, 0.29) is 23.1 Å². The van der Waals surface area contributed by atoms with Crippen LogP contribution in [-0.4, -0.2) is 61.6 Å². The van der Waals surface area contributed by atoms with Crippen molar-refractivity contribution < 1.29 is 28.6 Å². The van der Waals surface area contributed by atoms with Gasteiger partial charge in [0.15, 0.2) is 5.69 Å². The van der Waals surface area contributed by atoms with Crippen LogP contribution in [0.4, 0.5) is 5.69 Å². The van der Waals surface area contributed by atoms with Crippen LogP contribution in [0.5, 0.6) is 0 Å². The van der Waals surface area contributed by atoms with Crippen LogP contribution in [0, 0.1) is 5.92 Å². The van der Waals surface area contributed by atoms with Gasteiger partial charge in [-0.1, -0.05) is 30.3 Å². The minimum absolute atomic E-state index is 0.00401. The molecule has 1 aromatic heterocycles. The summed E-state index contributed by atoms with van der Waals surface area (Å²) in [5, 5.41) is 4.63. The average Bonchev–Trinajstić information content (AvgIpc) is 3.34. The third-order valence-electron chi connectivity index (χ3n) is 6.28. The molecule has 3 aromatic rings. The number of piperidine rings is 1. The van der Waals surface area contributed by atoms with E-state index in [1.807, 2.05) is 49.4 Å². The van der Waals surface area contributed by atoms with Crippen LogP contribution in [0.15, 0.2) is 54.6 Å². The Kier molecular flexibility index (Phi) is 7.68. The number of rotatable bonds is 7. The number of anilines is 1. The Morgan fingerprint density at radius 3 is 2.11 bits per heavy atom. The van der Waals surface area contributed by atoms with Crippen LogP contribution in [0.3, 0.4) is 0 Å². The predicted molar refractivity (Wildman–Crippen MR) is 133 cm³/mol. The SMILES string of the molecule is CCOC(=O)C1CCN(c2ccc(-c3nn(-c4ccccc4)c(C(=O)OC)c3C(=O)OC)cc2)CC1. The summed E-state index contributed by atoms with van der Waals surface area (Å²) < 4.78 is 16.5. The quantitative estimate of drug-likeness (QED) is 0.363. The highest BCUT2D eigenvalue weighted by molar-refractivity contribution is 6.06. The number of para-hydroxylation sites is 1. The molecule has 188 valence electrons. The van der Waals surface area contributed by atoms with Crippen molar-refractivity contribution in [3.8, 4) is 16.9 Å². The lowest BCUT2D eigenvalue weighted by molar-refractivity contribution is -0.148. The molecule has 0 saturated carbocycles. The van der Waals surface area contributed by atoms with Crippen molar-refractivity contribution in [1.82, 2.24) is 9.78 Å². The smallest absolute Gasteiger partial charge is 0.357 e. The zero-order valence-corrected chi connectivity index (χ0v) is 20.6. The second-order valence-corrected chi connectivity index (χ2v) is 8.36. The van der Waals surface area contributed by atoms with Crippen molar-refractivity contribution in [2.45, 2.75) is 19.8 Å². The molecule has 9 heteroatoms. The lowest BCUT2D eigenvalue weighted by Crippen LogP contribution is -2.36. The molecule has 0 amide bonds. The maximum atomic E-state index is 12.8. The van der Waals surface area contributed by atoms with Crippen molar-refractivity contribution in [1.29, 1.82) is 0 Å². The van der Waals surface area contributed by atoms with E-state index < -0.39 is 11.9 Å². The van der Waals surface area contributed by atoms with Gasteiger partial charge in [-0.2, -0.15) is 5.10 Å². The van der Waals surface area contributed by atoms with E-state index in [1.165, 1.54) is 18.9 Å². The molecule has 0 aliphatic carbocycles. The standard InChI is InChI=1S/C27H29N3O6/c1-4-36-25(31)19-14-16-29(17-15-19)20-12-10-18(11-13-20)23-22(26(32)34-2)24(27(33)35-3)30(28-23)21-8-6-5-7-9-21/h5-13,19H,4,14-17H2,1-3H3. The van der Waals surface area contributed by atoms with Gasteiger partial charge in [-0.15, -0.1) is 0 Å². The topological polar surface area (TPSA) is 100.0 Å². The number of aromatic nitrogens is 2. The summed E-state index contributed by atoms with van der Waals surface area (Å²) in [6, 6.07) is 16.7. The summed E-state index contributed by atoms with van der Waals surface area (Å²) in [5.74, 6) is -1.57. The summed E-state index contributed by atoms with van der Waals surface area (Å²) >= 11 is 0. The molecular weight excluding hydrogens is 462 g/mol. The Labute approximate surface area is 209 Å². The predicted octanol–water partition coefficient (Wildman–Crippen LogP) is 3.89.